The van der Waals surface area contributed by atoms with Gasteiger partial charge in [-0.2, -0.15) is 0 Å². The van der Waals surface area contributed by atoms with Crippen LogP contribution in [0.4, 0.5) is 0 Å². The van der Waals surface area contributed by atoms with Crippen molar-refractivity contribution in [2.75, 3.05) is 26.4 Å². The largest absolute Gasteiger partial charge is 0.394 e. The second-order valence-corrected chi connectivity index (χ2v) is 28.1. The first-order valence-electron chi connectivity index (χ1n) is 39.8. The number of aliphatic hydroxyl groups is 11. The molecule has 17 atom stereocenters. The maximum Gasteiger partial charge on any atom is 0.220 e. The summed E-state index contributed by atoms with van der Waals surface area (Å²) in [5, 5.41) is 121. The highest BCUT2D eigenvalue weighted by Crippen LogP contribution is 2.33. The third kappa shape index (κ3) is 41.0. The molecule has 0 aliphatic carbocycles. The van der Waals surface area contributed by atoms with Gasteiger partial charge in [0, 0.05) is 6.42 Å². The number of amides is 1. The van der Waals surface area contributed by atoms with Crippen molar-refractivity contribution in [2.24, 2.45) is 0 Å². The van der Waals surface area contributed by atoms with Crippen LogP contribution in [0.3, 0.4) is 0 Å². The van der Waals surface area contributed by atoms with E-state index in [1.807, 2.05) is 6.08 Å². The summed E-state index contributed by atoms with van der Waals surface area (Å²) in [4.78, 5) is 13.5. The summed E-state index contributed by atoms with van der Waals surface area (Å²) in [5.74, 6) is -0.284. The molecule has 12 N–H and O–H groups in total. The summed E-state index contributed by atoms with van der Waals surface area (Å²) < 4.78 is 34.4. The van der Waals surface area contributed by atoms with E-state index in [-0.39, 0.29) is 18.9 Å². The number of hydrogen-bond donors (Lipinski definition) is 12. The molecule has 3 aliphatic heterocycles. The Morgan fingerprint density at radius 1 is 0.370 bits per heavy atom. The third-order valence-corrected chi connectivity index (χ3v) is 19.4. The van der Waals surface area contributed by atoms with Gasteiger partial charge in [0.1, 0.15) is 73.2 Å². The third-order valence-electron chi connectivity index (χ3n) is 19.4. The van der Waals surface area contributed by atoms with Gasteiger partial charge in [-0.3, -0.25) is 4.79 Å². The van der Waals surface area contributed by atoms with Gasteiger partial charge in [0.15, 0.2) is 18.9 Å². The van der Waals surface area contributed by atoms with Crippen LogP contribution in [0.15, 0.2) is 85.1 Å². The maximum atomic E-state index is 13.5. The van der Waals surface area contributed by atoms with Crippen LogP contribution in [-0.2, 0) is 33.2 Å². The van der Waals surface area contributed by atoms with E-state index < -0.39 is 124 Å². The van der Waals surface area contributed by atoms with Gasteiger partial charge >= 0.3 is 0 Å². The molecule has 3 aliphatic rings. The first kappa shape index (κ1) is 91.2. The minimum Gasteiger partial charge on any atom is -0.394 e. The zero-order chi connectivity index (χ0) is 72.5. The highest BCUT2D eigenvalue weighted by Gasteiger charge is 2.53. The first-order valence-corrected chi connectivity index (χ1v) is 39.8. The predicted molar refractivity (Wildman–Crippen MR) is 397 cm³/mol. The molecule has 0 spiro atoms. The summed E-state index contributed by atoms with van der Waals surface area (Å²) in [6.45, 7) is 1.63. The molecule has 0 aromatic rings. The normalized spacial score (nSPS) is 26.9. The van der Waals surface area contributed by atoms with E-state index in [1.165, 1.54) is 186 Å². The van der Waals surface area contributed by atoms with Crippen LogP contribution in [0.5, 0.6) is 0 Å². The smallest absolute Gasteiger partial charge is 0.220 e. The highest BCUT2D eigenvalue weighted by molar-refractivity contribution is 5.76. The molecule has 3 saturated heterocycles. The van der Waals surface area contributed by atoms with Gasteiger partial charge in [-0.1, -0.05) is 292 Å². The molecule has 3 heterocycles. The Morgan fingerprint density at radius 3 is 1.12 bits per heavy atom. The molecule has 19 nitrogen and oxygen atoms in total. The molecule has 0 aromatic carbocycles. The molecule has 3 rings (SSSR count). The van der Waals surface area contributed by atoms with E-state index in [9.17, 15) is 61.0 Å². The molecule has 0 radical (unpaired) electrons. The first-order chi connectivity index (χ1) is 48.8. The molecule has 17 unspecified atom stereocenters. The SMILES string of the molecule is CC/C=C\C/C=C\C/C=C\C/C=C\C/C=C\CCCCCCCCCCCCCCCCCCCC(=O)NC(COC1OC(CO)C(OC2OC(CO)C(OC3OC(CO)C(O)C(O)C3O)C(O)C2O)C(O)C1O)C(O)/C=C/CC/C=C/CCCCCCCCCCCCCCCCCC. The number of ether oxygens (including phenoxy) is 6. The topological polar surface area (TPSA) is 307 Å². The Morgan fingerprint density at radius 2 is 0.700 bits per heavy atom. The van der Waals surface area contributed by atoms with Crippen molar-refractivity contribution in [3.05, 3.63) is 85.1 Å². The van der Waals surface area contributed by atoms with Gasteiger partial charge in [0.2, 0.25) is 5.91 Å². The Labute approximate surface area is 603 Å². The quantitative estimate of drug-likeness (QED) is 0.0199. The van der Waals surface area contributed by atoms with Crippen molar-refractivity contribution >= 4 is 5.91 Å². The zero-order valence-electron chi connectivity index (χ0n) is 61.9. The number of aliphatic hydroxyl groups excluding tert-OH is 11. The van der Waals surface area contributed by atoms with Crippen molar-refractivity contribution in [3.63, 3.8) is 0 Å². The predicted octanol–water partition coefficient (Wildman–Crippen LogP) is 13.0. The molecule has 3 fully saturated rings. The molecule has 0 bridgehead atoms. The molecule has 580 valence electrons. The summed E-state index contributed by atoms with van der Waals surface area (Å²) in [5.41, 5.74) is 0. The van der Waals surface area contributed by atoms with Crippen molar-refractivity contribution < 1.29 is 89.4 Å². The molecular formula is C81H143NO18. The summed E-state index contributed by atoms with van der Waals surface area (Å²) >= 11 is 0. The minimum atomic E-state index is -1.98. The minimum absolute atomic E-state index is 0.233. The zero-order valence-corrected chi connectivity index (χ0v) is 61.9. The second kappa shape index (κ2) is 61.2. The standard InChI is InChI=1S/C81H143NO18/c1-3-5-7-9-11-13-15-17-19-21-23-25-27-28-29-30-31-32-33-34-35-36-37-39-41-43-45-47-49-51-53-55-57-59-69(87)82-64(65(86)58-56-54-52-50-48-46-44-42-40-38-26-24-22-20-18-16-14-12-10-8-6-4-2)63-95-79-75(93)72(90)77(67(61-84)97-79)100-81-76(94)73(91)78(68(62-85)98-81)99-80-74(92)71(89)70(88)66(60-83)96-80/h5,7,11,13,17,19,23,25,28-29,48,50,56,58,64-68,70-81,83-86,88-94H,3-4,6,8-10,12,14-16,18,20-22,24,26-27,30-47,49,51-55,57,59-63H2,1-2H3,(H,82,87)/b7-5-,13-11-,19-17-,25-23-,29-28-,50-48+,58-56+. The average molecular weight is 1420 g/mol. The number of unbranched alkanes of at least 4 members (excludes halogenated alkanes) is 34. The van der Waals surface area contributed by atoms with Gasteiger partial charge in [-0.25, -0.2) is 0 Å². The maximum absolute atomic E-state index is 13.5. The van der Waals surface area contributed by atoms with Crippen LogP contribution in [0.2, 0.25) is 0 Å². The van der Waals surface area contributed by atoms with Gasteiger partial charge in [0.25, 0.3) is 0 Å². The van der Waals surface area contributed by atoms with E-state index in [4.69, 9.17) is 28.4 Å². The Balaban J connectivity index is 1.37. The number of hydrogen-bond acceptors (Lipinski definition) is 18. The van der Waals surface area contributed by atoms with Crippen LogP contribution < -0.4 is 5.32 Å². The molecule has 19 heteroatoms. The highest BCUT2D eigenvalue weighted by atomic mass is 16.8. The fourth-order valence-corrected chi connectivity index (χ4v) is 13.1. The molecule has 0 saturated carbocycles. The van der Waals surface area contributed by atoms with Crippen LogP contribution in [0, 0.1) is 0 Å². The number of carbonyl (C=O) groups excluding carboxylic acids is 1. The second-order valence-electron chi connectivity index (χ2n) is 28.1. The molecule has 1 amide bonds. The Kier molecular flexibility index (Phi) is 55.8. The van der Waals surface area contributed by atoms with Crippen molar-refractivity contribution in [1.29, 1.82) is 0 Å². The summed E-state index contributed by atoms with van der Waals surface area (Å²) in [6.07, 6.45) is 54.2. The molecule has 0 aromatic heterocycles. The Bertz CT molecular complexity index is 2140. The lowest BCUT2D eigenvalue weighted by molar-refractivity contribution is -0.379. The van der Waals surface area contributed by atoms with Crippen LogP contribution >= 0.6 is 0 Å². The van der Waals surface area contributed by atoms with Gasteiger partial charge in [-0.05, 0) is 77.0 Å². The fourth-order valence-electron chi connectivity index (χ4n) is 13.1. The van der Waals surface area contributed by atoms with Crippen LogP contribution in [0.1, 0.15) is 290 Å². The number of rotatable bonds is 62. The average Bonchev–Trinajstić information content (AvgIpc) is 0.783. The fraction of sp³-hybridized carbons (Fsp3) is 0.815. The summed E-state index contributed by atoms with van der Waals surface area (Å²) in [6, 6.07) is -0.994. The van der Waals surface area contributed by atoms with Gasteiger partial charge in [0.05, 0.1) is 38.6 Å². The van der Waals surface area contributed by atoms with E-state index in [0.29, 0.717) is 12.8 Å². The number of nitrogens with one attached hydrogen (secondary N) is 1. The van der Waals surface area contributed by atoms with E-state index in [2.05, 4.69) is 92.1 Å². The van der Waals surface area contributed by atoms with Crippen molar-refractivity contribution in [3.8, 4) is 0 Å². The van der Waals surface area contributed by atoms with Crippen LogP contribution in [0.25, 0.3) is 0 Å². The lowest BCUT2D eigenvalue weighted by Gasteiger charge is -2.48. The lowest BCUT2D eigenvalue weighted by Crippen LogP contribution is -2.66. The van der Waals surface area contributed by atoms with Crippen molar-refractivity contribution in [2.45, 2.75) is 394 Å². The van der Waals surface area contributed by atoms with Gasteiger partial charge < -0.3 is 89.9 Å². The van der Waals surface area contributed by atoms with Crippen LogP contribution in [-0.4, -0.2) is 193 Å². The number of allylic oxidation sites excluding steroid dienone is 13. The van der Waals surface area contributed by atoms with Gasteiger partial charge in [-0.15, -0.1) is 0 Å². The molecular weight excluding hydrogens is 1270 g/mol. The van der Waals surface area contributed by atoms with E-state index in [1.54, 1.807) is 6.08 Å². The lowest BCUT2D eigenvalue weighted by atomic mass is 9.96. The van der Waals surface area contributed by atoms with E-state index >= 15 is 0 Å². The Hall–Kier alpha value is -3.03. The van der Waals surface area contributed by atoms with E-state index in [0.717, 1.165) is 70.6 Å². The van der Waals surface area contributed by atoms with Crippen molar-refractivity contribution in [1.82, 2.24) is 5.32 Å². The number of carbonyl (C=O) groups is 1. The monoisotopic (exact) mass is 1420 g/mol. The summed E-state index contributed by atoms with van der Waals surface area (Å²) in [7, 11) is 0. The molecule has 100 heavy (non-hydrogen) atoms.